The Hall–Kier alpha value is -2.52. The van der Waals surface area contributed by atoms with Gasteiger partial charge in [-0.05, 0) is 19.1 Å². The number of thiazole rings is 1. The van der Waals surface area contributed by atoms with Crippen molar-refractivity contribution in [1.82, 2.24) is 10.3 Å². The molecule has 0 aliphatic rings. The fraction of sp³-hybridized carbons (Fsp3) is 0.250. The molecule has 1 atom stereocenters. The lowest BCUT2D eigenvalue weighted by molar-refractivity contribution is -0.119. The van der Waals surface area contributed by atoms with E-state index in [1.54, 1.807) is 13.3 Å². The number of hydrogen-bond donors (Lipinski definition) is 1. The predicted molar refractivity (Wildman–Crippen MR) is 85.3 cm³/mol. The molecule has 1 unspecified atom stereocenters. The van der Waals surface area contributed by atoms with Crippen LogP contribution in [-0.2, 0) is 4.79 Å². The van der Waals surface area contributed by atoms with Crippen molar-refractivity contribution >= 4 is 17.2 Å². The minimum Gasteiger partial charge on any atom is -0.493 e. The molecule has 1 amide bonds. The molecule has 0 fully saturated rings. The van der Waals surface area contributed by atoms with E-state index in [-0.39, 0.29) is 11.9 Å². The van der Waals surface area contributed by atoms with Gasteiger partial charge in [0.05, 0.1) is 19.3 Å². The molecule has 1 heterocycles. The number of para-hydroxylation sites is 2. The highest BCUT2D eigenvalue weighted by molar-refractivity contribution is 7.13. The summed E-state index contributed by atoms with van der Waals surface area (Å²) in [5, 5.41) is 3.19. The van der Waals surface area contributed by atoms with Gasteiger partial charge in [0.15, 0.2) is 11.5 Å². The Bertz CT molecular complexity index is 715. The standard InChI is InChI=1S/C16H16N2O3S/c1-11(18-12(2)19)8-9-13-10-17-16(22-13)21-15-7-5-4-6-14(15)20-3/h4-7,10-11H,1-3H3,(H,18,19). The van der Waals surface area contributed by atoms with Gasteiger partial charge in [0.2, 0.25) is 5.91 Å². The van der Waals surface area contributed by atoms with E-state index in [4.69, 9.17) is 9.47 Å². The molecule has 0 aliphatic carbocycles. The number of ether oxygens (including phenoxy) is 2. The Morgan fingerprint density at radius 3 is 2.77 bits per heavy atom. The van der Waals surface area contributed by atoms with E-state index < -0.39 is 0 Å². The summed E-state index contributed by atoms with van der Waals surface area (Å²) in [7, 11) is 1.59. The molecule has 114 valence electrons. The van der Waals surface area contributed by atoms with Crippen LogP contribution in [-0.4, -0.2) is 24.0 Å². The van der Waals surface area contributed by atoms with Gasteiger partial charge in [0.25, 0.3) is 5.19 Å². The summed E-state index contributed by atoms with van der Waals surface area (Å²) in [5.41, 5.74) is 0. The second-order valence-electron chi connectivity index (χ2n) is 4.43. The molecule has 1 aromatic carbocycles. The van der Waals surface area contributed by atoms with E-state index >= 15 is 0 Å². The maximum absolute atomic E-state index is 10.9. The topological polar surface area (TPSA) is 60.5 Å². The first-order chi connectivity index (χ1) is 10.6. The SMILES string of the molecule is COc1ccccc1Oc1ncc(C#CC(C)NC(C)=O)s1. The van der Waals surface area contributed by atoms with Gasteiger partial charge in [-0.1, -0.05) is 35.3 Å². The van der Waals surface area contributed by atoms with Gasteiger partial charge in [-0.2, -0.15) is 0 Å². The van der Waals surface area contributed by atoms with Crippen LogP contribution in [0.15, 0.2) is 30.5 Å². The molecule has 0 bridgehead atoms. The van der Waals surface area contributed by atoms with Gasteiger partial charge < -0.3 is 14.8 Å². The molecule has 0 saturated heterocycles. The van der Waals surface area contributed by atoms with Gasteiger partial charge in [0.1, 0.15) is 4.88 Å². The Morgan fingerprint density at radius 2 is 2.09 bits per heavy atom. The number of hydrogen-bond acceptors (Lipinski definition) is 5. The zero-order chi connectivity index (χ0) is 15.9. The van der Waals surface area contributed by atoms with Crippen LogP contribution in [0.2, 0.25) is 0 Å². The van der Waals surface area contributed by atoms with Crippen LogP contribution >= 0.6 is 11.3 Å². The van der Waals surface area contributed by atoms with E-state index in [0.29, 0.717) is 16.7 Å². The van der Waals surface area contributed by atoms with Gasteiger partial charge in [0, 0.05) is 6.92 Å². The average molecular weight is 316 g/mol. The van der Waals surface area contributed by atoms with Crippen molar-refractivity contribution in [2.24, 2.45) is 0 Å². The van der Waals surface area contributed by atoms with Gasteiger partial charge in [-0.25, -0.2) is 4.98 Å². The molecule has 2 aromatic rings. The molecule has 0 aliphatic heterocycles. The smallest absolute Gasteiger partial charge is 0.280 e. The monoisotopic (exact) mass is 316 g/mol. The van der Waals surface area contributed by atoms with Gasteiger partial charge in [-0.3, -0.25) is 4.79 Å². The fourth-order valence-corrected chi connectivity index (χ4v) is 2.32. The molecule has 1 N–H and O–H groups in total. The Balaban J connectivity index is 2.06. The Kier molecular flexibility index (Phi) is 5.39. The van der Waals surface area contributed by atoms with Crippen LogP contribution in [0.5, 0.6) is 16.7 Å². The van der Waals surface area contributed by atoms with Crippen LogP contribution in [0, 0.1) is 11.8 Å². The molecular weight excluding hydrogens is 300 g/mol. The average Bonchev–Trinajstić information content (AvgIpc) is 2.93. The molecule has 2 rings (SSSR count). The molecule has 0 spiro atoms. The Morgan fingerprint density at radius 1 is 1.36 bits per heavy atom. The quantitative estimate of drug-likeness (QED) is 0.881. The number of nitrogens with one attached hydrogen (secondary N) is 1. The van der Waals surface area contributed by atoms with Gasteiger partial charge >= 0.3 is 0 Å². The summed E-state index contributed by atoms with van der Waals surface area (Å²) in [5.74, 6) is 7.04. The van der Waals surface area contributed by atoms with Crippen LogP contribution in [0.3, 0.4) is 0 Å². The first-order valence-electron chi connectivity index (χ1n) is 6.64. The third kappa shape index (κ3) is 4.50. The summed E-state index contributed by atoms with van der Waals surface area (Å²) in [6, 6.07) is 7.15. The van der Waals surface area contributed by atoms with Crippen LogP contribution in [0.25, 0.3) is 0 Å². The van der Waals surface area contributed by atoms with Crippen LogP contribution in [0.4, 0.5) is 0 Å². The number of nitrogens with zero attached hydrogens (tertiary/aromatic N) is 1. The van der Waals surface area contributed by atoms with Crippen molar-refractivity contribution in [3.63, 3.8) is 0 Å². The van der Waals surface area contributed by atoms with Crippen molar-refractivity contribution in [3.05, 3.63) is 35.3 Å². The minimum atomic E-state index is -0.210. The largest absolute Gasteiger partial charge is 0.493 e. The number of rotatable bonds is 4. The molecule has 22 heavy (non-hydrogen) atoms. The van der Waals surface area contributed by atoms with E-state index in [1.165, 1.54) is 18.3 Å². The number of aromatic nitrogens is 1. The van der Waals surface area contributed by atoms with Crippen molar-refractivity contribution in [2.75, 3.05) is 7.11 Å². The molecule has 1 aromatic heterocycles. The summed E-state index contributed by atoms with van der Waals surface area (Å²) >= 11 is 1.33. The Labute approximate surface area is 133 Å². The molecular formula is C16H16N2O3S. The summed E-state index contributed by atoms with van der Waals surface area (Å²) < 4.78 is 10.9. The highest BCUT2D eigenvalue weighted by Crippen LogP contribution is 2.32. The normalized spacial score (nSPS) is 11.0. The molecule has 0 radical (unpaired) electrons. The third-order valence-electron chi connectivity index (χ3n) is 2.58. The van der Waals surface area contributed by atoms with E-state index in [2.05, 4.69) is 22.1 Å². The number of benzene rings is 1. The summed E-state index contributed by atoms with van der Waals surface area (Å²) in [4.78, 5) is 15.9. The molecule has 0 saturated carbocycles. The minimum absolute atomic E-state index is 0.105. The zero-order valence-corrected chi connectivity index (χ0v) is 13.4. The first kappa shape index (κ1) is 15.9. The summed E-state index contributed by atoms with van der Waals surface area (Å²) in [6.07, 6.45) is 1.64. The van der Waals surface area contributed by atoms with Crippen LogP contribution < -0.4 is 14.8 Å². The second-order valence-corrected chi connectivity index (χ2v) is 5.43. The number of carbonyl (C=O) groups is 1. The van der Waals surface area contributed by atoms with Crippen molar-refractivity contribution < 1.29 is 14.3 Å². The lowest BCUT2D eigenvalue weighted by atomic mass is 10.3. The van der Waals surface area contributed by atoms with E-state index in [0.717, 1.165) is 4.88 Å². The van der Waals surface area contributed by atoms with E-state index in [1.807, 2.05) is 31.2 Å². The maximum atomic E-state index is 10.9. The highest BCUT2D eigenvalue weighted by atomic mass is 32.1. The number of amides is 1. The lowest BCUT2D eigenvalue weighted by Crippen LogP contribution is -2.28. The van der Waals surface area contributed by atoms with Crippen molar-refractivity contribution in [2.45, 2.75) is 19.9 Å². The predicted octanol–water partition coefficient (Wildman–Crippen LogP) is 2.82. The number of methoxy groups -OCH3 is 1. The lowest BCUT2D eigenvalue weighted by Gasteiger charge is -2.06. The van der Waals surface area contributed by atoms with E-state index in [9.17, 15) is 4.79 Å². The fourth-order valence-electron chi connectivity index (χ4n) is 1.68. The van der Waals surface area contributed by atoms with Gasteiger partial charge in [-0.15, -0.1) is 0 Å². The number of carbonyl (C=O) groups excluding carboxylic acids is 1. The zero-order valence-electron chi connectivity index (χ0n) is 12.5. The third-order valence-corrected chi connectivity index (χ3v) is 3.37. The first-order valence-corrected chi connectivity index (χ1v) is 7.45. The molecule has 6 heteroatoms. The molecule has 5 nitrogen and oxygen atoms in total. The maximum Gasteiger partial charge on any atom is 0.280 e. The van der Waals surface area contributed by atoms with Crippen molar-refractivity contribution in [1.29, 1.82) is 0 Å². The van der Waals surface area contributed by atoms with Crippen LogP contribution in [0.1, 0.15) is 18.7 Å². The second kappa shape index (κ2) is 7.48. The highest BCUT2D eigenvalue weighted by Gasteiger charge is 2.07. The van der Waals surface area contributed by atoms with Crippen molar-refractivity contribution in [3.8, 4) is 28.5 Å². The summed E-state index contributed by atoms with van der Waals surface area (Å²) in [6.45, 7) is 3.28.